The summed E-state index contributed by atoms with van der Waals surface area (Å²) >= 11 is 5.68. The highest BCUT2D eigenvalue weighted by atomic mass is 35.5. The van der Waals surface area contributed by atoms with E-state index in [1.807, 2.05) is 0 Å². The van der Waals surface area contributed by atoms with Gasteiger partial charge < -0.3 is 14.8 Å². The van der Waals surface area contributed by atoms with Crippen molar-refractivity contribution in [1.82, 2.24) is 5.32 Å². The molecule has 0 saturated carbocycles. The van der Waals surface area contributed by atoms with Crippen LogP contribution in [0.1, 0.15) is 13.3 Å². The van der Waals surface area contributed by atoms with Crippen LogP contribution in [0.15, 0.2) is 0 Å². The van der Waals surface area contributed by atoms with Gasteiger partial charge in [-0.3, -0.25) is 4.79 Å². The normalized spacial score (nSPS) is 29.0. The van der Waals surface area contributed by atoms with E-state index in [9.17, 15) is 35.9 Å². The van der Waals surface area contributed by atoms with Crippen LogP contribution in [0.25, 0.3) is 0 Å². The molecule has 0 spiro atoms. The first-order valence-electron chi connectivity index (χ1n) is 6.24. The van der Waals surface area contributed by atoms with Crippen molar-refractivity contribution in [1.29, 1.82) is 0 Å². The highest BCUT2D eigenvalue weighted by Crippen LogP contribution is 2.31. The number of esters is 1. The quantitative estimate of drug-likeness (QED) is 0.469. The summed E-state index contributed by atoms with van der Waals surface area (Å²) in [5, 5.41) is 1.52. The molecule has 1 N–H and O–H groups in total. The predicted molar refractivity (Wildman–Crippen MR) is 63.3 cm³/mol. The molecule has 134 valence electrons. The highest BCUT2D eigenvalue weighted by molar-refractivity contribution is 6.19. The Bertz CT molecular complexity index is 455. The number of rotatable bonds is 3. The number of ether oxygens (including phenoxy) is 2. The molecule has 0 aliphatic carbocycles. The molecule has 4 atom stereocenters. The van der Waals surface area contributed by atoms with Gasteiger partial charge in [-0.15, -0.1) is 0 Å². The van der Waals surface area contributed by atoms with Crippen molar-refractivity contribution in [2.45, 2.75) is 43.5 Å². The van der Waals surface area contributed by atoms with E-state index in [1.165, 1.54) is 12.2 Å². The number of carbonyl (C=O) groups is 2. The van der Waals surface area contributed by atoms with E-state index >= 15 is 0 Å². The lowest BCUT2D eigenvalue weighted by atomic mass is 9.92. The van der Waals surface area contributed by atoms with E-state index in [-0.39, 0.29) is 6.42 Å². The maximum Gasteiger partial charge on any atom is 0.490 e. The monoisotopic (exact) mass is 371 g/mol. The van der Waals surface area contributed by atoms with Crippen molar-refractivity contribution >= 4 is 23.5 Å². The van der Waals surface area contributed by atoms with Crippen molar-refractivity contribution in [3.63, 3.8) is 0 Å². The van der Waals surface area contributed by atoms with Crippen molar-refractivity contribution < 1.29 is 45.4 Å². The van der Waals surface area contributed by atoms with Crippen molar-refractivity contribution in [3.05, 3.63) is 0 Å². The van der Waals surface area contributed by atoms with E-state index in [4.69, 9.17) is 16.3 Å². The van der Waals surface area contributed by atoms with Crippen LogP contribution in [0.2, 0.25) is 0 Å². The molecule has 1 fully saturated rings. The summed E-state index contributed by atoms with van der Waals surface area (Å²) < 4.78 is 82.4. The average molecular weight is 372 g/mol. The molecule has 1 rings (SSSR count). The lowest BCUT2D eigenvalue weighted by Gasteiger charge is -2.38. The Kier molecular flexibility index (Phi) is 6.13. The Balaban J connectivity index is 2.78. The van der Waals surface area contributed by atoms with Gasteiger partial charge in [0.25, 0.3) is 0 Å². The molecular weight excluding hydrogens is 360 g/mol. The minimum atomic E-state index is -5.27. The van der Waals surface area contributed by atoms with Crippen LogP contribution in [0.5, 0.6) is 0 Å². The smallest absolute Gasteiger partial charge is 0.453 e. The molecular formula is C11H12ClF6NO4. The van der Waals surface area contributed by atoms with E-state index < -0.39 is 54.5 Å². The summed E-state index contributed by atoms with van der Waals surface area (Å²) in [5.41, 5.74) is -1.00. The molecule has 1 heterocycles. The van der Waals surface area contributed by atoms with Gasteiger partial charge in [0.05, 0.1) is 6.10 Å². The molecule has 0 radical (unpaired) electrons. The van der Waals surface area contributed by atoms with E-state index in [0.717, 1.165) is 0 Å². The standard InChI is InChI=1S/C11H12ClF6NO4/c1-4-7(23-9(21)11(16,17)18)5(2-6(12)22-4)3-19-8(20)10(13,14)15/h4-7H,2-3H2,1H3,(H,19,20)/t4-,5-,6?,7-/m0/s1. The van der Waals surface area contributed by atoms with Gasteiger partial charge in [0.15, 0.2) is 0 Å². The Labute approximate surface area is 131 Å². The molecule has 1 aliphatic heterocycles. The summed E-state index contributed by atoms with van der Waals surface area (Å²) in [5.74, 6) is -5.83. The molecule has 12 heteroatoms. The first kappa shape index (κ1) is 19.8. The largest absolute Gasteiger partial charge is 0.490 e. The predicted octanol–water partition coefficient (Wildman–Crippen LogP) is 2.13. The molecule has 5 nitrogen and oxygen atoms in total. The lowest BCUT2D eigenvalue weighted by molar-refractivity contribution is -0.219. The minimum Gasteiger partial charge on any atom is -0.453 e. The number of amides is 1. The third-order valence-corrected chi connectivity index (χ3v) is 3.32. The van der Waals surface area contributed by atoms with Crippen molar-refractivity contribution in [2.24, 2.45) is 5.92 Å². The molecule has 0 aromatic heterocycles. The second-order valence-corrected chi connectivity index (χ2v) is 5.31. The molecule has 1 saturated heterocycles. The molecule has 1 amide bonds. The topological polar surface area (TPSA) is 64.6 Å². The summed E-state index contributed by atoms with van der Waals surface area (Å²) in [4.78, 5) is 21.7. The number of hydrogen-bond acceptors (Lipinski definition) is 4. The van der Waals surface area contributed by atoms with Crippen LogP contribution in [-0.4, -0.2) is 48.5 Å². The minimum absolute atomic E-state index is 0.208. The first-order valence-corrected chi connectivity index (χ1v) is 6.68. The molecule has 1 unspecified atom stereocenters. The number of halogens is 7. The van der Waals surface area contributed by atoms with Crippen molar-refractivity contribution in [2.75, 3.05) is 6.54 Å². The fourth-order valence-corrected chi connectivity index (χ4v) is 2.42. The van der Waals surface area contributed by atoms with Gasteiger partial charge in [-0.25, -0.2) is 4.79 Å². The van der Waals surface area contributed by atoms with Crippen LogP contribution < -0.4 is 5.32 Å². The third-order valence-electron chi connectivity index (χ3n) is 3.03. The highest BCUT2D eigenvalue weighted by Gasteiger charge is 2.47. The van der Waals surface area contributed by atoms with Crippen LogP contribution in [0.3, 0.4) is 0 Å². The number of carbonyl (C=O) groups excluding carboxylic acids is 2. The zero-order valence-electron chi connectivity index (χ0n) is 11.5. The maximum atomic E-state index is 12.2. The fraction of sp³-hybridized carbons (Fsp3) is 0.818. The first-order chi connectivity index (χ1) is 10.3. The average Bonchev–Trinajstić information content (AvgIpc) is 2.36. The van der Waals surface area contributed by atoms with Crippen LogP contribution >= 0.6 is 11.6 Å². The van der Waals surface area contributed by atoms with Gasteiger partial charge in [0, 0.05) is 12.5 Å². The van der Waals surface area contributed by atoms with Crippen LogP contribution in [-0.2, 0) is 19.1 Å². The number of alkyl halides is 7. The van der Waals surface area contributed by atoms with Gasteiger partial charge in [-0.1, -0.05) is 11.6 Å². The number of nitrogens with one attached hydrogen (secondary N) is 1. The van der Waals surface area contributed by atoms with Gasteiger partial charge in [0.1, 0.15) is 11.7 Å². The summed E-state index contributed by atoms with van der Waals surface area (Å²) in [7, 11) is 0. The van der Waals surface area contributed by atoms with Gasteiger partial charge >= 0.3 is 24.2 Å². The Morgan fingerprint density at radius 2 is 1.78 bits per heavy atom. The third kappa shape index (κ3) is 5.72. The SMILES string of the molecule is C[C@@H]1OC(Cl)C[C@@H](CNC(=O)C(F)(F)F)[C@H]1OC(=O)C(F)(F)F. The molecule has 23 heavy (non-hydrogen) atoms. The summed E-state index contributed by atoms with van der Waals surface area (Å²) in [6.45, 7) is 0.576. The molecule has 0 aromatic rings. The molecule has 1 aliphatic rings. The Morgan fingerprint density at radius 1 is 1.22 bits per heavy atom. The maximum absolute atomic E-state index is 12.2. The zero-order chi connectivity index (χ0) is 18.0. The van der Waals surface area contributed by atoms with Gasteiger partial charge in [0.2, 0.25) is 0 Å². The second kappa shape index (κ2) is 7.12. The van der Waals surface area contributed by atoms with Crippen molar-refractivity contribution in [3.8, 4) is 0 Å². The summed E-state index contributed by atoms with van der Waals surface area (Å²) in [6.07, 6.45) is -13.2. The summed E-state index contributed by atoms with van der Waals surface area (Å²) in [6, 6.07) is 0. The number of hydrogen-bond donors (Lipinski definition) is 1. The molecule has 0 bridgehead atoms. The fourth-order valence-electron chi connectivity index (χ4n) is 2.03. The molecule has 0 aromatic carbocycles. The van der Waals surface area contributed by atoms with Gasteiger partial charge in [-0.2, -0.15) is 26.3 Å². The van der Waals surface area contributed by atoms with E-state index in [1.54, 1.807) is 0 Å². The van der Waals surface area contributed by atoms with Crippen LogP contribution in [0.4, 0.5) is 26.3 Å². The van der Waals surface area contributed by atoms with E-state index in [0.29, 0.717) is 0 Å². The Hall–Kier alpha value is -1.23. The van der Waals surface area contributed by atoms with Crippen LogP contribution in [0, 0.1) is 5.92 Å². The lowest BCUT2D eigenvalue weighted by Crippen LogP contribution is -2.51. The van der Waals surface area contributed by atoms with Gasteiger partial charge in [-0.05, 0) is 13.3 Å². The Morgan fingerprint density at radius 3 is 2.26 bits per heavy atom. The zero-order valence-corrected chi connectivity index (χ0v) is 12.3. The van der Waals surface area contributed by atoms with E-state index in [2.05, 4.69) is 4.74 Å². The second-order valence-electron chi connectivity index (χ2n) is 4.82.